The third kappa shape index (κ3) is 3.96. The molecule has 0 saturated carbocycles. The second-order valence-electron chi connectivity index (χ2n) is 5.59. The lowest BCUT2D eigenvalue weighted by molar-refractivity contribution is -0.133. The Hall–Kier alpha value is -1.10. The number of benzene rings is 1. The molecule has 2 saturated heterocycles. The quantitative estimate of drug-likeness (QED) is 0.930. The highest BCUT2D eigenvalue weighted by atomic mass is 35.5. The number of carbonyl (C=O) groups is 1. The molecule has 1 N–H and O–H groups in total. The van der Waals surface area contributed by atoms with Gasteiger partial charge < -0.3 is 15.0 Å². The number of morpholine rings is 1. The van der Waals surface area contributed by atoms with Crippen LogP contribution in [0.4, 0.5) is 0 Å². The van der Waals surface area contributed by atoms with Gasteiger partial charge >= 0.3 is 0 Å². The highest BCUT2D eigenvalue weighted by Crippen LogP contribution is 2.32. The highest BCUT2D eigenvalue weighted by molar-refractivity contribution is 5.85. The van der Waals surface area contributed by atoms with Crippen molar-refractivity contribution in [1.82, 2.24) is 10.2 Å². The normalized spacial score (nSPS) is 25.4. The molecule has 116 valence electrons. The van der Waals surface area contributed by atoms with Gasteiger partial charge in [-0.15, -0.1) is 12.4 Å². The number of halogens is 1. The molecule has 1 aromatic rings. The molecule has 0 radical (unpaired) electrons. The van der Waals surface area contributed by atoms with E-state index >= 15 is 0 Å². The molecule has 2 fully saturated rings. The number of hydrogen-bond acceptors (Lipinski definition) is 3. The predicted octanol–water partition coefficient (Wildman–Crippen LogP) is 2.15. The van der Waals surface area contributed by atoms with Crippen LogP contribution in [0.15, 0.2) is 30.3 Å². The van der Waals surface area contributed by atoms with Crippen LogP contribution in [0.25, 0.3) is 0 Å². The van der Waals surface area contributed by atoms with Crippen LogP contribution < -0.4 is 5.32 Å². The van der Waals surface area contributed by atoms with E-state index in [0.29, 0.717) is 13.0 Å². The molecule has 1 amide bonds. The second kappa shape index (κ2) is 7.78. The van der Waals surface area contributed by atoms with Crippen LogP contribution in [0, 0.1) is 0 Å². The highest BCUT2D eigenvalue weighted by Gasteiger charge is 2.31. The fraction of sp³-hybridized carbons (Fsp3) is 0.562. The molecule has 0 aliphatic carbocycles. The summed E-state index contributed by atoms with van der Waals surface area (Å²) in [4.78, 5) is 14.6. The SMILES string of the molecule is Cl.O=C(CC1COCCN1)N1CCCC1c1ccccc1. The summed E-state index contributed by atoms with van der Waals surface area (Å²) in [5, 5.41) is 3.36. The number of nitrogens with one attached hydrogen (secondary N) is 1. The minimum absolute atomic E-state index is 0. The van der Waals surface area contributed by atoms with Crippen molar-refractivity contribution in [3.05, 3.63) is 35.9 Å². The fourth-order valence-electron chi connectivity index (χ4n) is 3.17. The van der Waals surface area contributed by atoms with Crippen LogP contribution >= 0.6 is 12.4 Å². The molecule has 21 heavy (non-hydrogen) atoms. The van der Waals surface area contributed by atoms with E-state index in [1.807, 2.05) is 23.1 Å². The standard InChI is InChI=1S/C16H22N2O2.ClH/c19-16(11-14-12-20-10-8-17-14)18-9-4-7-15(18)13-5-2-1-3-6-13;/h1-3,5-6,14-15,17H,4,7-12H2;1H. The van der Waals surface area contributed by atoms with E-state index in [4.69, 9.17) is 4.74 Å². The maximum absolute atomic E-state index is 12.5. The Morgan fingerprint density at radius 3 is 2.86 bits per heavy atom. The van der Waals surface area contributed by atoms with Gasteiger partial charge in [-0.25, -0.2) is 0 Å². The zero-order chi connectivity index (χ0) is 13.8. The zero-order valence-electron chi connectivity index (χ0n) is 12.2. The lowest BCUT2D eigenvalue weighted by Crippen LogP contribution is -2.45. The molecule has 3 rings (SSSR count). The number of carbonyl (C=O) groups excluding carboxylic acids is 1. The summed E-state index contributed by atoms with van der Waals surface area (Å²) < 4.78 is 5.42. The molecule has 0 spiro atoms. The number of amides is 1. The third-order valence-corrected chi connectivity index (χ3v) is 4.18. The molecular weight excluding hydrogens is 288 g/mol. The van der Waals surface area contributed by atoms with Gasteiger partial charge in [0.2, 0.25) is 5.91 Å². The minimum Gasteiger partial charge on any atom is -0.378 e. The van der Waals surface area contributed by atoms with E-state index in [0.717, 1.165) is 32.5 Å². The number of hydrogen-bond donors (Lipinski definition) is 1. The van der Waals surface area contributed by atoms with Crippen LogP contribution in [-0.4, -0.2) is 43.2 Å². The molecule has 2 atom stereocenters. The molecule has 0 aromatic heterocycles. The lowest BCUT2D eigenvalue weighted by atomic mass is 10.0. The maximum Gasteiger partial charge on any atom is 0.224 e. The summed E-state index contributed by atoms with van der Waals surface area (Å²) in [6.45, 7) is 3.13. The zero-order valence-corrected chi connectivity index (χ0v) is 13.0. The molecule has 1 aromatic carbocycles. The van der Waals surface area contributed by atoms with Crippen molar-refractivity contribution in [2.75, 3.05) is 26.3 Å². The van der Waals surface area contributed by atoms with E-state index in [1.54, 1.807) is 0 Å². The molecule has 4 nitrogen and oxygen atoms in total. The summed E-state index contributed by atoms with van der Waals surface area (Å²) in [7, 11) is 0. The van der Waals surface area contributed by atoms with Crippen LogP contribution in [0.1, 0.15) is 30.9 Å². The smallest absolute Gasteiger partial charge is 0.224 e. The fourth-order valence-corrected chi connectivity index (χ4v) is 3.17. The summed E-state index contributed by atoms with van der Waals surface area (Å²) in [5.41, 5.74) is 1.26. The van der Waals surface area contributed by atoms with Crippen LogP contribution in [-0.2, 0) is 9.53 Å². The van der Waals surface area contributed by atoms with Gasteiger partial charge in [-0.3, -0.25) is 4.79 Å². The number of nitrogens with zero attached hydrogens (tertiary/aromatic N) is 1. The number of rotatable bonds is 3. The largest absolute Gasteiger partial charge is 0.378 e. The minimum atomic E-state index is 0. The van der Waals surface area contributed by atoms with Gasteiger partial charge in [-0.05, 0) is 18.4 Å². The van der Waals surface area contributed by atoms with Crippen molar-refractivity contribution in [2.24, 2.45) is 0 Å². The van der Waals surface area contributed by atoms with Gasteiger partial charge in [-0.2, -0.15) is 0 Å². The Bertz CT molecular complexity index is 449. The monoisotopic (exact) mass is 310 g/mol. The van der Waals surface area contributed by atoms with Gasteiger partial charge in [-0.1, -0.05) is 30.3 Å². The second-order valence-corrected chi connectivity index (χ2v) is 5.59. The Labute approximate surface area is 132 Å². The van der Waals surface area contributed by atoms with E-state index in [9.17, 15) is 4.79 Å². The van der Waals surface area contributed by atoms with Crippen molar-refractivity contribution in [3.63, 3.8) is 0 Å². The first kappa shape index (κ1) is 16.3. The van der Waals surface area contributed by atoms with Crippen molar-refractivity contribution in [1.29, 1.82) is 0 Å². The molecule has 2 heterocycles. The van der Waals surface area contributed by atoms with Crippen molar-refractivity contribution in [2.45, 2.75) is 31.3 Å². The third-order valence-electron chi connectivity index (χ3n) is 4.18. The van der Waals surface area contributed by atoms with Gasteiger partial charge in [0.15, 0.2) is 0 Å². The van der Waals surface area contributed by atoms with Crippen molar-refractivity contribution < 1.29 is 9.53 Å². The Morgan fingerprint density at radius 1 is 1.33 bits per heavy atom. The average molecular weight is 311 g/mol. The molecule has 5 heteroatoms. The maximum atomic E-state index is 12.5. The first-order valence-electron chi connectivity index (χ1n) is 7.50. The van der Waals surface area contributed by atoms with Gasteiger partial charge in [0.05, 0.1) is 19.3 Å². The average Bonchev–Trinajstić information content (AvgIpc) is 2.99. The van der Waals surface area contributed by atoms with Crippen molar-refractivity contribution in [3.8, 4) is 0 Å². The molecular formula is C16H23ClN2O2. The Kier molecular flexibility index (Phi) is 6.03. The van der Waals surface area contributed by atoms with Crippen LogP contribution in [0.5, 0.6) is 0 Å². The number of ether oxygens (including phenoxy) is 1. The van der Waals surface area contributed by atoms with E-state index in [1.165, 1.54) is 5.56 Å². The number of likely N-dealkylation sites (tertiary alicyclic amines) is 1. The first-order chi connectivity index (χ1) is 9.84. The van der Waals surface area contributed by atoms with Crippen LogP contribution in [0.2, 0.25) is 0 Å². The van der Waals surface area contributed by atoms with E-state index in [2.05, 4.69) is 17.4 Å². The van der Waals surface area contributed by atoms with E-state index < -0.39 is 0 Å². The van der Waals surface area contributed by atoms with Crippen molar-refractivity contribution >= 4 is 18.3 Å². The molecule has 2 unspecified atom stereocenters. The van der Waals surface area contributed by atoms with Gasteiger partial charge in [0, 0.05) is 25.6 Å². The van der Waals surface area contributed by atoms with Gasteiger partial charge in [0.1, 0.15) is 0 Å². The summed E-state index contributed by atoms with van der Waals surface area (Å²) >= 11 is 0. The molecule has 2 aliphatic rings. The van der Waals surface area contributed by atoms with E-state index in [-0.39, 0.29) is 30.4 Å². The Balaban J connectivity index is 0.00000161. The summed E-state index contributed by atoms with van der Waals surface area (Å²) in [6.07, 6.45) is 2.72. The topological polar surface area (TPSA) is 41.6 Å². The summed E-state index contributed by atoms with van der Waals surface area (Å²) in [6, 6.07) is 10.8. The van der Waals surface area contributed by atoms with Gasteiger partial charge in [0.25, 0.3) is 0 Å². The van der Waals surface area contributed by atoms with Crippen LogP contribution in [0.3, 0.4) is 0 Å². The molecule has 2 aliphatic heterocycles. The summed E-state index contributed by atoms with van der Waals surface area (Å²) in [5.74, 6) is 0.249. The Morgan fingerprint density at radius 2 is 2.14 bits per heavy atom. The first-order valence-corrected chi connectivity index (χ1v) is 7.50. The lowest BCUT2D eigenvalue weighted by Gasteiger charge is -2.29. The molecule has 0 bridgehead atoms. The predicted molar refractivity (Wildman–Crippen MR) is 84.6 cm³/mol.